The fourth-order valence-corrected chi connectivity index (χ4v) is 1.87. The van der Waals surface area contributed by atoms with Crippen molar-refractivity contribution in [3.63, 3.8) is 0 Å². The maximum atomic E-state index is 12.4. The molecular weight excluding hydrogens is 244 g/mol. The van der Waals surface area contributed by atoms with Crippen LogP contribution in [0.3, 0.4) is 0 Å². The Hall–Kier alpha value is -2.35. The SMILES string of the molecule is C#CCN(CCC)C(=O)c1c(C)cccc1[N+](=O)[O-]. The third-order valence-corrected chi connectivity index (χ3v) is 2.72. The van der Waals surface area contributed by atoms with Gasteiger partial charge in [-0.2, -0.15) is 0 Å². The van der Waals surface area contributed by atoms with Gasteiger partial charge >= 0.3 is 0 Å². The third-order valence-electron chi connectivity index (χ3n) is 2.72. The Morgan fingerprint density at radius 3 is 2.74 bits per heavy atom. The maximum absolute atomic E-state index is 12.4. The lowest BCUT2D eigenvalue weighted by Gasteiger charge is -2.20. The van der Waals surface area contributed by atoms with Gasteiger partial charge in [0.2, 0.25) is 0 Å². The van der Waals surface area contributed by atoms with Crippen LogP contribution in [-0.4, -0.2) is 28.8 Å². The Morgan fingerprint density at radius 1 is 1.53 bits per heavy atom. The zero-order valence-corrected chi connectivity index (χ0v) is 11.0. The predicted molar refractivity (Wildman–Crippen MR) is 72.9 cm³/mol. The second kappa shape index (κ2) is 6.55. The Balaban J connectivity index is 3.24. The van der Waals surface area contributed by atoms with Gasteiger partial charge < -0.3 is 4.90 Å². The Labute approximate surface area is 112 Å². The summed E-state index contributed by atoms with van der Waals surface area (Å²) in [6.07, 6.45) is 5.98. The molecule has 100 valence electrons. The first kappa shape index (κ1) is 14.7. The molecule has 0 radical (unpaired) electrons. The fraction of sp³-hybridized carbons (Fsp3) is 0.357. The van der Waals surface area contributed by atoms with E-state index in [1.54, 1.807) is 19.1 Å². The molecule has 0 saturated carbocycles. The highest BCUT2D eigenvalue weighted by atomic mass is 16.6. The van der Waals surface area contributed by atoms with E-state index in [1.807, 2.05) is 6.92 Å². The molecule has 5 nitrogen and oxygen atoms in total. The highest BCUT2D eigenvalue weighted by molar-refractivity contribution is 5.99. The second-order valence-electron chi connectivity index (χ2n) is 4.16. The van der Waals surface area contributed by atoms with E-state index in [-0.39, 0.29) is 23.7 Å². The third kappa shape index (κ3) is 3.32. The zero-order chi connectivity index (χ0) is 14.4. The summed E-state index contributed by atoms with van der Waals surface area (Å²) >= 11 is 0. The number of carbonyl (C=O) groups excluding carboxylic acids is 1. The quantitative estimate of drug-likeness (QED) is 0.464. The van der Waals surface area contributed by atoms with E-state index in [0.717, 1.165) is 6.42 Å². The van der Waals surface area contributed by atoms with Crippen LogP contribution in [0.25, 0.3) is 0 Å². The maximum Gasteiger partial charge on any atom is 0.282 e. The molecule has 0 aliphatic rings. The molecule has 1 aromatic rings. The van der Waals surface area contributed by atoms with Gasteiger partial charge in [-0.1, -0.05) is 25.0 Å². The summed E-state index contributed by atoms with van der Waals surface area (Å²) < 4.78 is 0. The van der Waals surface area contributed by atoms with Gasteiger partial charge in [-0.25, -0.2) is 0 Å². The summed E-state index contributed by atoms with van der Waals surface area (Å²) in [4.78, 5) is 24.3. The van der Waals surface area contributed by atoms with Gasteiger partial charge in [0.25, 0.3) is 11.6 Å². The van der Waals surface area contributed by atoms with Gasteiger partial charge in [0.15, 0.2) is 0 Å². The van der Waals surface area contributed by atoms with Gasteiger partial charge in [-0.3, -0.25) is 14.9 Å². The lowest BCUT2D eigenvalue weighted by Crippen LogP contribution is -2.33. The average Bonchev–Trinajstić information content (AvgIpc) is 2.37. The lowest BCUT2D eigenvalue weighted by molar-refractivity contribution is -0.385. The second-order valence-corrected chi connectivity index (χ2v) is 4.16. The number of nitro groups is 1. The van der Waals surface area contributed by atoms with Crippen molar-refractivity contribution in [2.24, 2.45) is 0 Å². The Bertz CT molecular complexity index is 532. The summed E-state index contributed by atoms with van der Waals surface area (Å²) in [5, 5.41) is 11.0. The Kier molecular flexibility index (Phi) is 5.07. The number of rotatable bonds is 5. The molecule has 0 saturated heterocycles. The van der Waals surface area contributed by atoms with Crippen LogP contribution in [0.1, 0.15) is 29.3 Å². The molecule has 1 amide bonds. The number of terminal acetylenes is 1. The molecule has 0 heterocycles. The number of carbonyl (C=O) groups is 1. The van der Waals surface area contributed by atoms with Crippen molar-refractivity contribution in [2.45, 2.75) is 20.3 Å². The monoisotopic (exact) mass is 260 g/mol. The minimum Gasteiger partial charge on any atom is -0.327 e. The molecule has 0 aromatic heterocycles. The van der Waals surface area contributed by atoms with E-state index in [0.29, 0.717) is 12.1 Å². The van der Waals surface area contributed by atoms with Crippen LogP contribution in [0.5, 0.6) is 0 Å². The first-order valence-corrected chi connectivity index (χ1v) is 5.99. The molecule has 0 N–H and O–H groups in total. The molecule has 0 unspecified atom stereocenters. The minimum absolute atomic E-state index is 0.121. The standard InChI is InChI=1S/C14H16N2O3/c1-4-9-15(10-5-2)14(17)13-11(3)7-6-8-12(13)16(18)19/h1,6-8H,5,9-10H2,2-3H3. The largest absolute Gasteiger partial charge is 0.327 e. The number of amides is 1. The highest BCUT2D eigenvalue weighted by Crippen LogP contribution is 2.23. The van der Waals surface area contributed by atoms with Crippen molar-refractivity contribution in [1.82, 2.24) is 4.90 Å². The van der Waals surface area contributed by atoms with Crippen LogP contribution in [0, 0.1) is 29.4 Å². The normalized spacial score (nSPS) is 9.74. The number of benzene rings is 1. The summed E-state index contributed by atoms with van der Waals surface area (Å²) in [5.74, 6) is 2.02. The molecule has 0 atom stereocenters. The summed E-state index contributed by atoms with van der Waals surface area (Å²) in [6.45, 7) is 4.23. The van der Waals surface area contributed by atoms with Crippen LogP contribution in [-0.2, 0) is 0 Å². The first-order chi connectivity index (χ1) is 9.02. The van der Waals surface area contributed by atoms with Crippen LogP contribution >= 0.6 is 0 Å². The van der Waals surface area contributed by atoms with Gasteiger partial charge in [0, 0.05) is 12.6 Å². The van der Waals surface area contributed by atoms with Crippen molar-refractivity contribution in [2.75, 3.05) is 13.1 Å². The molecule has 0 spiro atoms. The average molecular weight is 260 g/mol. The van der Waals surface area contributed by atoms with E-state index in [4.69, 9.17) is 6.42 Å². The summed E-state index contributed by atoms with van der Waals surface area (Å²) in [5.41, 5.74) is 0.525. The molecular formula is C14H16N2O3. The fourth-order valence-electron chi connectivity index (χ4n) is 1.87. The van der Waals surface area contributed by atoms with Crippen LogP contribution in [0.4, 0.5) is 5.69 Å². The number of hydrogen-bond donors (Lipinski definition) is 0. The van der Waals surface area contributed by atoms with Gasteiger partial charge in [0.1, 0.15) is 5.56 Å². The predicted octanol–water partition coefficient (Wildman–Crippen LogP) is 2.39. The van der Waals surface area contributed by atoms with Crippen molar-refractivity contribution >= 4 is 11.6 Å². The summed E-state index contributed by atoms with van der Waals surface area (Å²) in [7, 11) is 0. The van der Waals surface area contributed by atoms with E-state index < -0.39 is 4.92 Å². The van der Waals surface area contributed by atoms with Gasteiger partial charge in [-0.05, 0) is 18.9 Å². The number of nitrogens with zero attached hydrogens (tertiary/aromatic N) is 2. The molecule has 0 bridgehead atoms. The van der Waals surface area contributed by atoms with Gasteiger partial charge in [-0.15, -0.1) is 6.42 Å². The first-order valence-electron chi connectivity index (χ1n) is 5.99. The molecule has 1 aromatic carbocycles. The van der Waals surface area contributed by atoms with Crippen LogP contribution in [0.15, 0.2) is 18.2 Å². The highest BCUT2D eigenvalue weighted by Gasteiger charge is 2.25. The molecule has 1 rings (SSSR count). The Morgan fingerprint density at radius 2 is 2.21 bits per heavy atom. The minimum atomic E-state index is -0.541. The van der Waals surface area contributed by atoms with Crippen molar-refractivity contribution in [1.29, 1.82) is 0 Å². The van der Waals surface area contributed by atoms with E-state index in [1.165, 1.54) is 11.0 Å². The molecule has 0 aliphatic heterocycles. The lowest BCUT2D eigenvalue weighted by atomic mass is 10.1. The molecule has 0 fully saturated rings. The number of hydrogen-bond acceptors (Lipinski definition) is 3. The topological polar surface area (TPSA) is 63.5 Å². The summed E-state index contributed by atoms with van der Waals surface area (Å²) in [6, 6.07) is 4.58. The molecule has 19 heavy (non-hydrogen) atoms. The zero-order valence-electron chi connectivity index (χ0n) is 11.0. The van der Waals surface area contributed by atoms with Crippen molar-refractivity contribution in [3.05, 3.63) is 39.4 Å². The van der Waals surface area contributed by atoms with Gasteiger partial charge in [0.05, 0.1) is 11.5 Å². The van der Waals surface area contributed by atoms with Crippen LogP contribution < -0.4 is 0 Å². The molecule has 5 heteroatoms. The van der Waals surface area contributed by atoms with E-state index in [2.05, 4.69) is 5.92 Å². The van der Waals surface area contributed by atoms with Crippen molar-refractivity contribution < 1.29 is 9.72 Å². The molecule has 0 aliphatic carbocycles. The van der Waals surface area contributed by atoms with Crippen molar-refractivity contribution in [3.8, 4) is 12.3 Å². The smallest absolute Gasteiger partial charge is 0.282 e. The number of aryl methyl sites for hydroxylation is 1. The van der Waals surface area contributed by atoms with E-state index in [9.17, 15) is 14.9 Å². The van der Waals surface area contributed by atoms with E-state index >= 15 is 0 Å². The number of nitro benzene ring substituents is 1. The van der Waals surface area contributed by atoms with Crippen LogP contribution in [0.2, 0.25) is 0 Å².